The molecule has 0 aliphatic rings. The van der Waals surface area contributed by atoms with E-state index in [-0.39, 0.29) is 24.5 Å². The Bertz CT molecular complexity index is 400. The molecule has 0 fully saturated rings. The standard InChI is InChI=1S/C8H9N3O5/c1-2-15-8(14)5-3-6(16-11-5)7(13)10-9-4-12/h3-4H,2H2,1H3,(H,9,12)(H,10,13). The molecule has 2 N–H and O–H groups in total. The van der Waals surface area contributed by atoms with Crippen molar-refractivity contribution in [1.29, 1.82) is 0 Å². The summed E-state index contributed by atoms with van der Waals surface area (Å²) in [7, 11) is 0. The molecule has 0 aliphatic carbocycles. The Balaban J connectivity index is 2.67. The second-order valence-corrected chi connectivity index (χ2v) is 2.51. The zero-order chi connectivity index (χ0) is 12.0. The van der Waals surface area contributed by atoms with Gasteiger partial charge in [0.15, 0.2) is 5.69 Å². The Hall–Kier alpha value is -2.38. The number of hydrogen-bond acceptors (Lipinski definition) is 6. The number of hydrazine groups is 1. The normalized spacial score (nSPS) is 9.31. The third-order valence-corrected chi connectivity index (χ3v) is 1.46. The number of esters is 1. The van der Waals surface area contributed by atoms with E-state index in [9.17, 15) is 14.4 Å². The number of carbonyl (C=O) groups is 3. The lowest BCUT2D eigenvalue weighted by molar-refractivity contribution is -0.110. The molecule has 0 saturated carbocycles. The van der Waals surface area contributed by atoms with Gasteiger partial charge in [-0.15, -0.1) is 0 Å². The van der Waals surface area contributed by atoms with Crippen LogP contribution in [-0.2, 0) is 9.53 Å². The monoisotopic (exact) mass is 227 g/mol. The van der Waals surface area contributed by atoms with Gasteiger partial charge in [0.2, 0.25) is 12.2 Å². The van der Waals surface area contributed by atoms with Crippen LogP contribution in [-0.4, -0.2) is 30.1 Å². The van der Waals surface area contributed by atoms with Gasteiger partial charge >= 0.3 is 11.9 Å². The van der Waals surface area contributed by atoms with Crippen molar-refractivity contribution in [3.63, 3.8) is 0 Å². The summed E-state index contributed by atoms with van der Waals surface area (Å²) in [6.07, 6.45) is 0.278. The molecule has 0 radical (unpaired) electrons. The molecule has 0 bridgehead atoms. The van der Waals surface area contributed by atoms with E-state index in [4.69, 9.17) is 0 Å². The maximum Gasteiger partial charge on any atom is 0.360 e. The quantitative estimate of drug-likeness (QED) is 0.388. The lowest BCUT2D eigenvalue weighted by atomic mass is 10.3. The number of rotatable bonds is 5. The van der Waals surface area contributed by atoms with Crippen molar-refractivity contribution in [1.82, 2.24) is 16.0 Å². The van der Waals surface area contributed by atoms with Crippen molar-refractivity contribution in [2.24, 2.45) is 0 Å². The van der Waals surface area contributed by atoms with Gasteiger partial charge in [0.1, 0.15) is 0 Å². The molecule has 1 aromatic rings. The Labute approximate surface area is 89.9 Å². The van der Waals surface area contributed by atoms with E-state index in [1.165, 1.54) is 0 Å². The van der Waals surface area contributed by atoms with Gasteiger partial charge in [-0.2, -0.15) is 0 Å². The number of amides is 2. The molecule has 0 unspecified atom stereocenters. The predicted octanol–water partition coefficient (Wildman–Crippen LogP) is -0.758. The average molecular weight is 227 g/mol. The van der Waals surface area contributed by atoms with E-state index in [2.05, 4.69) is 14.4 Å². The largest absolute Gasteiger partial charge is 0.461 e. The molecule has 0 atom stereocenters. The van der Waals surface area contributed by atoms with Crippen molar-refractivity contribution in [2.75, 3.05) is 6.61 Å². The molecular formula is C8H9N3O5. The first-order valence-corrected chi connectivity index (χ1v) is 4.32. The van der Waals surface area contributed by atoms with Crippen LogP contribution >= 0.6 is 0 Å². The van der Waals surface area contributed by atoms with E-state index in [0.717, 1.165) is 6.07 Å². The number of hydrogen-bond donors (Lipinski definition) is 2. The SMILES string of the molecule is CCOC(=O)c1cc(C(=O)NNC=O)on1. The Kier molecular flexibility index (Phi) is 4.01. The summed E-state index contributed by atoms with van der Waals surface area (Å²) in [5, 5.41) is 3.34. The molecule has 0 saturated heterocycles. The second kappa shape index (κ2) is 5.49. The minimum atomic E-state index is -0.727. The minimum absolute atomic E-state index is 0.113. The summed E-state index contributed by atoms with van der Waals surface area (Å²) >= 11 is 0. The fourth-order valence-corrected chi connectivity index (χ4v) is 0.840. The van der Waals surface area contributed by atoms with Gasteiger partial charge in [-0.05, 0) is 6.92 Å². The maximum atomic E-state index is 11.2. The zero-order valence-corrected chi connectivity index (χ0v) is 8.35. The Morgan fingerprint density at radius 1 is 1.62 bits per heavy atom. The van der Waals surface area contributed by atoms with Crippen molar-refractivity contribution in [2.45, 2.75) is 6.92 Å². The summed E-state index contributed by atoms with van der Waals surface area (Å²) in [6.45, 7) is 1.83. The molecule has 1 heterocycles. The van der Waals surface area contributed by atoms with Crippen LogP contribution in [0.25, 0.3) is 0 Å². The molecule has 8 nitrogen and oxygen atoms in total. The van der Waals surface area contributed by atoms with E-state index in [0.29, 0.717) is 0 Å². The van der Waals surface area contributed by atoms with Crippen LogP contribution in [0.3, 0.4) is 0 Å². The van der Waals surface area contributed by atoms with Gasteiger partial charge in [0, 0.05) is 6.07 Å². The molecule has 0 aromatic carbocycles. The van der Waals surface area contributed by atoms with Crippen LogP contribution in [0, 0.1) is 0 Å². The fraction of sp³-hybridized carbons (Fsp3) is 0.250. The van der Waals surface area contributed by atoms with E-state index >= 15 is 0 Å². The molecular weight excluding hydrogens is 218 g/mol. The van der Waals surface area contributed by atoms with Crippen molar-refractivity contribution >= 4 is 18.3 Å². The number of carbonyl (C=O) groups excluding carboxylic acids is 3. The lowest BCUT2D eigenvalue weighted by Crippen LogP contribution is -2.35. The third-order valence-electron chi connectivity index (χ3n) is 1.46. The highest BCUT2D eigenvalue weighted by Crippen LogP contribution is 2.04. The van der Waals surface area contributed by atoms with Crippen LogP contribution in [0.15, 0.2) is 10.6 Å². The van der Waals surface area contributed by atoms with Gasteiger partial charge in [-0.3, -0.25) is 20.4 Å². The van der Waals surface area contributed by atoms with Crippen LogP contribution in [0.4, 0.5) is 0 Å². The Morgan fingerprint density at radius 3 is 3.00 bits per heavy atom. The number of aromatic nitrogens is 1. The molecule has 1 rings (SSSR count). The van der Waals surface area contributed by atoms with Crippen LogP contribution in [0.5, 0.6) is 0 Å². The van der Waals surface area contributed by atoms with E-state index in [1.54, 1.807) is 6.92 Å². The smallest absolute Gasteiger partial charge is 0.360 e. The van der Waals surface area contributed by atoms with Crippen molar-refractivity contribution in [3.05, 3.63) is 17.5 Å². The summed E-state index contributed by atoms with van der Waals surface area (Å²) in [5.74, 6) is -1.62. The summed E-state index contributed by atoms with van der Waals surface area (Å²) in [4.78, 5) is 32.2. The van der Waals surface area contributed by atoms with Gasteiger partial charge in [0.25, 0.3) is 0 Å². The van der Waals surface area contributed by atoms with Gasteiger partial charge in [-0.1, -0.05) is 5.16 Å². The zero-order valence-electron chi connectivity index (χ0n) is 8.35. The Morgan fingerprint density at radius 2 is 2.38 bits per heavy atom. The van der Waals surface area contributed by atoms with Crippen LogP contribution in [0.1, 0.15) is 28.0 Å². The van der Waals surface area contributed by atoms with Crippen molar-refractivity contribution < 1.29 is 23.6 Å². The number of nitrogens with zero attached hydrogens (tertiary/aromatic N) is 1. The van der Waals surface area contributed by atoms with Gasteiger partial charge in [0.05, 0.1) is 6.61 Å². The van der Waals surface area contributed by atoms with E-state index < -0.39 is 11.9 Å². The first-order valence-electron chi connectivity index (χ1n) is 4.32. The molecule has 16 heavy (non-hydrogen) atoms. The fourth-order valence-electron chi connectivity index (χ4n) is 0.840. The molecule has 0 aliphatic heterocycles. The summed E-state index contributed by atoms with van der Waals surface area (Å²) in [5.41, 5.74) is 3.80. The predicted molar refractivity (Wildman–Crippen MR) is 49.1 cm³/mol. The maximum absolute atomic E-state index is 11.2. The average Bonchev–Trinajstić information content (AvgIpc) is 2.75. The summed E-state index contributed by atoms with van der Waals surface area (Å²) < 4.78 is 9.21. The highest BCUT2D eigenvalue weighted by atomic mass is 16.5. The van der Waals surface area contributed by atoms with Crippen molar-refractivity contribution in [3.8, 4) is 0 Å². The highest BCUT2D eigenvalue weighted by Gasteiger charge is 2.17. The number of ether oxygens (including phenoxy) is 1. The molecule has 0 spiro atoms. The molecule has 8 heteroatoms. The number of nitrogens with one attached hydrogen (secondary N) is 2. The first-order chi connectivity index (χ1) is 7.69. The van der Waals surface area contributed by atoms with Crippen LogP contribution < -0.4 is 10.9 Å². The first kappa shape index (κ1) is 11.7. The molecule has 2 amide bonds. The van der Waals surface area contributed by atoms with Gasteiger partial charge in [-0.25, -0.2) is 4.79 Å². The van der Waals surface area contributed by atoms with Gasteiger partial charge < -0.3 is 9.26 Å². The summed E-state index contributed by atoms with van der Waals surface area (Å²) in [6, 6.07) is 1.11. The molecule has 86 valence electrons. The molecule has 1 aromatic heterocycles. The lowest BCUT2D eigenvalue weighted by Gasteiger charge is -1.96. The minimum Gasteiger partial charge on any atom is -0.461 e. The second-order valence-electron chi connectivity index (χ2n) is 2.51. The third kappa shape index (κ3) is 2.80. The van der Waals surface area contributed by atoms with E-state index in [1.807, 2.05) is 10.9 Å². The van der Waals surface area contributed by atoms with Crippen LogP contribution in [0.2, 0.25) is 0 Å². The highest BCUT2D eigenvalue weighted by molar-refractivity contribution is 5.95. The topological polar surface area (TPSA) is 111 Å².